The van der Waals surface area contributed by atoms with E-state index >= 15 is 0 Å². The van der Waals surface area contributed by atoms with Crippen molar-refractivity contribution in [1.29, 1.82) is 0 Å². The summed E-state index contributed by atoms with van der Waals surface area (Å²) in [6, 6.07) is 5.84. The van der Waals surface area contributed by atoms with Gasteiger partial charge in [-0.2, -0.15) is 5.57 Å². The first-order valence-electron chi connectivity index (χ1n) is 8.69. The van der Waals surface area contributed by atoms with Gasteiger partial charge in [-0.3, -0.25) is 6.08 Å². The molecule has 0 aromatic heterocycles. The Bertz CT molecular complexity index is 981. The minimum atomic E-state index is -4.22. The Kier molecular flexibility index (Phi) is 8.03. The van der Waals surface area contributed by atoms with E-state index in [1.165, 1.54) is 11.1 Å². The first-order valence-corrected chi connectivity index (χ1v) is 10.6. The fraction of sp³-hybridized carbons (Fsp3) is 0.350. The molecule has 0 bridgehead atoms. The molecule has 146 valence electrons. The largest absolute Gasteiger partial charge is 2.00 e. The molecule has 28 heavy (non-hydrogen) atoms. The van der Waals surface area contributed by atoms with E-state index < -0.39 is 10.1 Å². The molecule has 0 saturated carbocycles. The molecule has 1 aromatic carbocycles. The van der Waals surface area contributed by atoms with Crippen LogP contribution in [0.5, 0.6) is 0 Å². The monoisotopic (exact) mass is 494 g/mol. The standard InChI is InChI=1S/C20H22ClN2O3S.Zr/c1-15-4-7-19(12-15)23(9-3-11-27(24,25)26)10-8-18-13-16-5-6-17(21)14-20(16)22(18)2;/h5-6,8,12,14H,3-4,9,11,13H2,1-2H3,(H,24,25,26);/q-1;+2/p-1. The van der Waals surface area contributed by atoms with Crippen LogP contribution in [0.25, 0.3) is 0 Å². The number of nitrogens with zero attached hydrogens (tertiary/aromatic N) is 2. The zero-order valence-electron chi connectivity index (χ0n) is 15.8. The van der Waals surface area contributed by atoms with E-state index in [-0.39, 0.29) is 38.4 Å². The van der Waals surface area contributed by atoms with Gasteiger partial charge in [0.2, 0.25) is 0 Å². The van der Waals surface area contributed by atoms with Crippen molar-refractivity contribution < 1.29 is 43.7 Å². The van der Waals surface area contributed by atoms with Gasteiger partial charge in [0.05, 0.1) is 10.1 Å². The fourth-order valence-corrected chi connectivity index (χ4v) is 3.81. The van der Waals surface area contributed by atoms with E-state index in [1.54, 1.807) is 0 Å². The van der Waals surface area contributed by atoms with Crippen molar-refractivity contribution in [3.05, 3.63) is 64.0 Å². The van der Waals surface area contributed by atoms with E-state index in [9.17, 15) is 13.0 Å². The number of halogens is 1. The summed E-state index contributed by atoms with van der Waals surface area (Å²) in [5.74, 6) is -0.387. The molecule has 3 rings (SSSR count). The molecule has 0 saturated heterocycles. The van der Waals surface area contributed by atoms with Gasteiger partial charge in [0.15, 0.2) is 0 Å². The summed E-state index contributed by atoms with van der Waals surface area (Å²) in [6.07, 6.45) is 12.2. The second-order valence-corrected chi connectivity index (χ2v) is 8.73. The summed E-state index contributed by atoms with van der Waals surface area (Å²) in [5.41, 5.74) is 5.37. The number of benzene rings is 1. The fourth-order valence-electron chi connectivity index (χ4n) is 3.16. The third-order valence-electron chi connectivity index (χ3n) is 4.60. The van der Waals surface area contributed by atoms with Gasteiger partial charge < -0.3 is 14.0 Å². The van der Waals surface area contributed by atoms with Gasteiger partial charge in [-0.25, -0.2) is 14.5 Å². The molecule has 0 amide bonds. The second-order valence-electron chi connectivity index (χ2n) is 6.77. The van der Waals surface area contributed by atoms with Gasteiger partial charge in [-0.1, -0.05) is 42.1 Å². The zero-order valence-corrected chi connectivity index (χ0v) is 19.9. The van der Waals surface area contributed by atoms with Crippen LogP contribution < -0.4 is 4.90 Å². The van der Waals surface area contributed by atoms with Gasteiger partial charge in [-0.15, -0.1) is 6.42 Å². The van der Waals surface area contributed by atoms with Crippen LogP contribution in [0.4, 0.5) is 5.69 Å². The Hall–Kier alpha value is -1.01. The number of anilines is 1. The molecule has 0 atom stereocenters. The normalized spacial score (nSPS) is 18.1. The van der Waals surface area contributed by atoms with Crippen molar-refractivity contribution in [2.75, 3.05) is 24.2 Å². The molecule has 0 radical (unpaired) electrons. The van der Waals surface area contributed by atoms with Crippen molar-refractivity contribution >= 4 is 33.6 Å². The van der Waals surface area contributed by atoms with Crippen LogP contribution in [0.2, 0.25) is 5.02 Å². The number of fused-ring (bicyclic) bond motifs is 1. The summed E-state index contributed by atoms with van der Waals surface area (Å²) >= 11 is 6.10. The topological polar surface area (TPSA) is 63.5 Å². The summed E-state index contributed by atoms with van der Waals surface area (Å²) in [5, 5.41) is 0.696. The molecule has 1 aliphatic carbocycles. The van der Waals surface area contributed by atoms with Crippen LogP contribution in [0.1, 0.15) is 25.3 Å². The predicted molar refractivity (Wildman–Crippen MR) is 106 cm³/mol. The van der Waals surface area contributed by atoms with E-state index in [2.05, 4.69) is 17.2 Å². The SMILES string of the molecule is CC1=CC([N+](=[C-]C=C2Cc3ccc(Cl)cc3N2C)CCCS(=O)(=O)[O-])=[C-]C1.[Zr+2]. The molecule has 1 heterocycles. The quantitative estimate of drug-likeness (QED) is 0.263. The van der Waals surface area contributed by atoms with Crippen LogP contribution in [-0.4, -0.2) is 43.1 Å². The van der Waals surface area contributed by atoms with Gasteiger partial charge in [0.1, 0.15) is 12.8 Å². The van der Waals surface area contributed by atoms with Crippen LogP contribution in [0, 0.1) is 6.08 Å². The maximum atomic E-state index is 10.9. The van der Waals surface area contributed by atoms with Crippen molar-refractivity contribution in [3.63, 3.8) is 0 Å². The second kappa shape index (κ2) is 9.66. The van der Waals surface area contributed by atoms with E-state index in [0.29, 0.717) is 11.6 Å². The third-order valence-corrected chi connectivity index (χ3v) is 5.62. The van der Waals surface area contributed by atoms with Gasteiger partial charge >= 0.3 is 26.2 Å². The third kappa shape index (κ3) is 5.99. The molecular formula is C20H21ClN2O3SZr. The van der Waals surface area contributed by atoms with Crippen molar-refractivity contribution in [1.82, 2.24) is 0 Å². The van der Waals surface area contributed by atoms with Crippen LogP contribution in [0.15, 0.2) is 47.3 Å². The number of rotatable bonds is 6. The van der Waals surface area contributed by atoms with E-state index in [0.717, 1.165) is 29.9 Å². The number of allylic oxidation sites excluding steroid dienone is 5. The smallest absolute Gasteiger partial charge is 0.748 e. The Balaban J connectivity index is 0.00000280. The maximum Gasteiger partial charge on any atom is 2.00 e. The van der Waals surface area contributed by atoms with Crippen LogP contribution >= 0.6 is 11.6 Å². The molecule has 2 aliphatic rings. The van der Waals surface area contributed by atoms with Crippen molar-refractivity contribution in [3.8, 4) is 0 Å². The molecule has 0 spiro atoms. The van der Waals surface area contributed by atoms with Gasteiger partial charge in [0, 0.05) is 22.9 Å². The molecule has 8 heteroatoms. The summed E-state index contributed by atoms with van der Waals surface area (Å²) in [6.45, 7) is 2.41. The van der Waals surface area contributed by atoms with E-state index in [4.69, 9.17) is 11.6 Å². The maximum absolute atomic E-state index is 10.9. The first-order chi connectivity index (χ1) is 12.7. The Morgan fingerprint density at radius 3 is 2.82 bits per heavy atom. The minimum absolute atomic E-state index is 0. The Morgan fingerprint density at radius 1 is 1.43 bits per heavy atom. The summed E-state index contributed by atoms with van der Waals surface area (Å²) in [4.78, 5) is 2.07. The number of hydrogen-bond donors (Lipinski definition) is 0. The predicted octanol–water partition coefficient (Wildman–Crippen LogP) is 3.15. The number of likely N-dealkylation sites (N-methyl/N-ethyl adjacent to an activating group) is 1. The molecule has 1 aliphatic heterocycles. The summed E-state index contributed by atoms with van der Waals surface area (Å²) < 4.78 is 34.5. The number of hydrogen-bond acceptors (Lipinski definition) is 4. The average molecular weight is 496 g/mol. The van der Waals surface area contributed by atoms with E-state index in [1.807, 2.05) is 48.9 Å². The molecular weight excluding hydrogens is 475 g/mol. The molecule has 0 unspecified atom stereocenters. The summed E-state index contributed by atoms with van der Waals surface area (Å²) in [7, 11) is -2.24. The molecule has 0 fully saturated rings. The van der Waals surface area contributed by atoms with Gasteiger partial charge in [0.25, 0.3) is 0 Å². The Morgan fingerprint density at radius 2 is 2.18 bits per heavy atom. The zero-order chi connectivity index (χ0) is 19.6. The molecule has 0 N–H and O–H groups in total. The molecule has 1 aromatic rings. The van der Waals surface area contributed by atoms with Crippen molar-refractivity contribution in [2.24, 2.45) is 0 Å². The van der Waals surface area contributed by atoms with Crippen LogP contribution in [0.3, 0.4) is 0 Å². The first kappa shape index (κ1) is 23.3. The minimum Gasteiger partial charge on any atom is -0.748 e. The molecule has 5 nitrogen and oxygen atoms in total. The van der Waals surface area contributed by atoms with Crippen LogP contribution in [-0.2, 0) is 42.7 Å². The average Bonchev–Trinajstić information content (AvgIpc) is 3.14. The van der Waals surface area contributed by atoms with Gasteiger partial charge in [-0.05, 0) is 31.2 Å². The Labute approximate surface area is 191 Å². The van der Waals surface area contributed by atoms with Crippen molar-refractivity contribution in [2.45, 2.75) is 26.2 Å².